The number of benzene rings is 2. The molecule has 8 heteroatoms. The zero-order valence-electron chi connectivity index (χ0n) is 14.7. The molecular weight excluding hydrogens is 404 g/mol. The molecule has 0 saturated heterocycles. The summed E-state index contributed by atoms with van der Waals surface area (Å²) in [5, 5.41) is 4.77. The Balaban J connectivity index is 1.72. The molecule has 27 heavy (non-hydrogen) atoms. The minimum Gasteiger partial charge on any atom is -0.324 e. The third kappa shape index (κ3) is 4.80. The number of thioether (sulfide) groups is 1. The average molecular weight is 421 g/mol. The third-order valence-corrected chi connectivity index (χ3v) is 6.24. The Kier molecular flexibility index (Phi) is 5.74. The van der Waals surface area contributed by atoms with Gasteiger partial charge in [0.05, 0.1) is 31.9 Å². The molecule has 0 radical (unpaired) electrons. The highest BCUT2D eigenvalue weighted by Crippen LogP contribution is 2.27. The van der Waals surface area contributed by atoms with E-state index in [1.807, 2.05) is 37.3 Å². The lowest BCUT2D eigenvalue weighted by Gasteiger charge is -2.09. The third-order valence-electron chi connectivity index (χ3n) is 3.89. The highest BCUT2D eigenvalue weighted by Gasteiger charge is 2.13. The fourth-order valence-electron chi connectivity index (χ4n) is 2.55. The summed E-state index contributed by atoms with van der Waals surface area (Å²) in [5.41, 5.74) is 2.24. The van der Waals surface area contributed by atoms with Gasteiger partial charge in [0.1, 0.15) is 0 Å². The molecule has 5 nitrogen and oxygen atoms in total. The van der Waals surface area contributed by atoms with Crippen LogP contribution in [0.4, 0.5) is 5.69 Å². The van der Waals surface area contributed by atoms with Crippen molar-refractivity contribution in [3.8, 4) is 0 Å². The Morgan fingerprint density at radius 2 is 1.93 bits per heavy atom. The first-order valence-corrected chi connectivity index (χ1v) is 11.3. The summed E-state index contributed by atoms with van der Waals surface area (Å²) in [7, 11) is -3.38. The van der Waals surface area contributed by atoms with E-state index in [9.17, 15) is 13.2 Å². The second kappa shape index (κ2) is 7.88. The van der Waals surface area contributed by atoms with Crippen molar-refractivity contribution in [2.75, 3.05) is 17.3 Å². The fourth-order valence-corrected chi connectivity index (χ4v) is 4.14. The van der Waals surface area contributed by atoms with Crippen LogP contribution in [0.15, 0.2) is 58.5 Å². The highest BCUT2D eigenvalue weighted by molar-refractivity contribution is 7.99. The van der Waals surface area contributed by atoms with Gasteiger partial charge in [-0.05, 0) is 42.8 Å². The van der Waals surface area contributed by atoms with Crippen molar-refractivity contribution in [1.29, 1.82) is 0 Å². The quantitative estimate of drug-likeness (QED) is 0.621. The Bertz CT molecular complexity index is 1130. The van der Waals surface area contributed by atoms with Crippen LogP contribution in [-0.4, -0.2) is 31.3 Å². The SMILES string of the molecule is Cc1cc(SCC(=O)Nc2cc(S(C)(=O)=O)ccc2Cl)nc2ccccc12. The molecule has 0 bridgehead atoms. The molecule has 1 aromatic heterocycles. The van der Waals surface area contributed by atoms with Gasteiger partial charge in [-0.2, -0.15) is 0 Å². The standard InChI is InChI=1S/C19H17ClN2O3S2/c1-12-9-19(22-16-6-4-3-5-14(12)16)26-11-18(23)21-17-10-13(27(2,24)25)7-8-15(17)20/h3-10H,11H2,1-2H3,(H,21,23). The molecule has 3 rings (SSSR count). The van der Waals surface area contributed by atoms with E-state index < -0.39 is 9.84 Å². The predicted molar refractivity (Wildman–Crippen MR) is 110 cm³/mol. The van der Waals surface area contributed by atoms with E-state index in [0.29, 0.717) is 0 Å². The van der Waals surface area contributed by atoms with Crippen LogP contribution in [0.3, 0.4) is 0 Å². The van der Waals surface area contributed by atoms with Crippen LogP contribution < -0.4 is 5.32 Å². The summed E-state index contributed by atoms with van der Waals surface area (Å²) in [4.78, 5) is 16.9. The molecule has 0 aliphatic carbocycles. The molecule has 0 aliphatic heterocycles. The van der Waals surface area contributed by atoms with Crippen LogP contribution >= 0.6 is 23.4 Å². The zero-order chi connectivity index (χ0) is 19.6. The maximum atomic E-state index is 12.3. The highest BCUT2D eigenvalue weighted by atomic mass is 35.5. The van der Waals surface area contributed by atoms with E-state index in [2.05, 4.69) is 10.3 Å². The van der Waals surface area contributed by atoms with Crippen LogP contribution in [0.1, 0.15) is 5.56 Å². The van der Waals surface area contributed by atoms with Gasteiger partial charge >= 0.3 is 0 Å². The van der Waals surface area contributed by atoms with E-state index in [1.165, 1.54) is 30.0 Å². The largest absolute Gasteiger partial charge is 0.324 e. The Hall–Kier alpha value is -2.09. The average Bonchev–Trinajstić information content (AvgIpc) is 2.61. The molecule has 2 aromatic carbocycles. The summed E-state index contributed by atoms with van der Waals surface area (Å²) in [6.45, 7) is 2.00. The van der Waals surface area contributed by atoms with Crippen LogP contribution in [0.2, 0.25) is 5.02 Å². The van der Waals surface area contributed by atoms with E-state index in [4.69, 9.17) is 11.6 Å². The number of nitrogens with zero attached hydrogens (tertiary/aromatic N) is 1. The normalized spacial score (nSPS) is 11.5. The lowest BCUT2D eigenvalue weighted by atomic mass is 10.1. The number of rotatable bonds is 5. The van der Waals surface area contributed by atoms with E-state index in [-0.39, 0.29) is 27.3 Å². The molecule has 1 amide bonds. The summed E-state index contributed by atoms with van der Waals surface area (Å²) in [5.74, 6) is -0.162. The van der Waals surface area contributed by atoms with Gasteiger partial charge in [-0.15, -0.1) is 0 Å². The molecule has 0 unspecified atom stereocenters. The molecule has 0 atom stereocenters. The van der Waals surface area contributed by atoms with Crippen molar-refractivity contribution in [3.05, 3.63) is 59.1 Å². The van der Waals surface area contributed by atoms with E-state index in [0.717, 1.165) is 27.7 Å². The maximum absolute atomic E-state index is 12.3. The van der Waals surface area contributed by atoms with Gasteiger partial charge in [0.25, 0.3) is 0 Å². The van der Waals surface area contributed by atoms with Crippen molar-refractivity contribution in [3.63, 3.8) is 0 Å². The zero-order valence-corrected chi connectivity index (χ0v) is 17.1. The number of hydrogen-bond acceptors (Lipinski definition) is 5. The number of carbonyl (C=O) groups excluding carboxylic acids is 1. The molecule has 3 aromatic rings. The van der Waals surface area contributed by atoms with Crippen LogP contribution in [0.25, 0.3) is 10.9 Å². The maximum Gasteiger partial charge on any atom is 0.234 e. The number of fused-ring (bicyclic) bond motifs is 1. The molecule has 0 fully saturated rings. The molecule has 0 saturated carbocycles. The number of hydrogen-bond donors (Lipinski definition) is 1. The number of nitrogens with one attached hydrogen (secondary N) is 1. The van der Waals surface area contributed by atoms with Crippen molar-refractivity contribution in [2.24, 2.45) is 0 Å². The lowest BCUT2D eigenvalue weighted by Crippen LogP contribution is -2.15. The van der Waals surface area contributed by atoms with E-state index in [1.54, 1.807) is 0 Å². The number of aromatic nitrogens is 1. The smallest absolute Gasteiger partial charge is 0.234 e. The molecule has 0 spiro atoms. The van der Waals surface area contributed by atoms with Gasteiger partial charge < -0.3 is 5.32 Å². The van der Waals surface area contributed by atoms with Gasteiger partial charge in [0, 0.05) is 11.6 Å². The molecule has 140 valence electrons. The second-order valence-corrected chi connectivity index (χ2v) is 9.46. The summed E-state index contributed by atoms with van der Waals surface area (Å²) >= 11 is 7.37. The van der Waals surface area contributed by atoms with Crippen LogP contribution in [0.5, 0.6) is 0 Å². The van der Waals surface area contributed by atoms with Gasteiger partial charge in [0.2, 0.25) is 5.91 Å². The first kappa shape index (κ1) is 19.7. The topological polar surface area (TPSA) is 76.1 Å². The van der Waals surface area contributed by atoms with Crippen LogP contribution in [-0.2, 0) is 14.6 Å². The first-order chi connectivity index (χ1) is 12.7. The van der Waals surface area contributed by atoms with Gasteiger partial charge in [-0.1, -0.05) is 41.6 Å². The van der Waals surface area contributed by atoms with Crippen molar-refractivity contribution in [1.82, 2.24) is 4.98 Å². The van der Waals surface area contributed by atoms with Crippen molar-refractivity contribution >= 4 is 55.7 Å². The van der Waals surface area contributed by atoms with Gasteiger partial charge in [-0.3, -0.25) is 4.79 Å². The van der Waals surface area contributed by atoms with Crippen molar-refractivity contribution in [2.45, 2.75) is 16.8 Å². The number of amides is 1. The van der Waals surface area contributed by atoms with Crippen molar-refractivity contribution < 1.29 is 13.2 Å². The molecule has 1 heterocycles. The molecule has 1 N–H and O–H groups in total. The number of halogens is 1. The van der Waals surface area contributed by atoms with Crippen LogP contribution in [0, 0.1) is 6.92 Å². The Morgan fingerprint density at radius 1 is 1.19 bits per heavy atom. The Morgan fingerprint density at radius 3 is 2.67 bits per heavy atom. The number of sulfone groups is 1. The fraction of sp³-hybridized carbons (Fsp3) is 0.158. The number of para-hydroxylation sites is 1. The molecular formula is C19H17ClN2O3S2. The summed E-state index contributed by atoms with van der Waals surface area (Å²) in [6.07, 6.45) is 1.10. The predicted octanol–water partition coefficient (Wildman–Crippen LogP) is 4.33. The molecule has 0 aliphatic rings. The second-order valence-electron chi connectivity index (χ2n) is 6.05. The van der Waals surface area contributed by atoms with Gasteiger partial charge in [0.15, 0.2) is 9.84 Å². The van der Waals surface area contributed by atoms with E-state index >= 15 is 0 Å². The Labute approximate surface area is 167 Å². The number of carbonyl (C=O) groups is 1. The summed E-state index contributed by atoms with van der Waals surface area (Å²) in [6, 6.07) is 14.0. The van der Waals surface area contributed by atoms with Gasteiger partial charge in [-0.25, -0.2) is 13.4 Å². The monoisotopic (exact) mass is 420 g/mol. The minimum atomic E-state index is -3.38. The summed E-state index contributed by atoms with van der Waals surface area (Å²) < 4.78 is 23.3. The number of aryl methyl sites for hydroxylation is 1. The number of pyridine rings is 1. The lowest BCUT2D eigenvalue weighted by molar-refractivity contribution is -0.113. The number of anilines is 1. The first-order valence-electron chi connectivity index (χ1n) is 8.03. The minimum absolute atomic E-state index is 0.0988.